The molecule has 2 nitrogen and oxygen atoms in total. The molecule has 0 spiro atoms. The SMILES string of the molecule is CC.CC.COc1ccc(-n2c3ccc(C)cc3c3cc(C)ccc32)cc1. The van der Waals surface area contributed by atoms with Crippen molar-refractivity contribution < 1.29 is 4.74 Å². The summed E-state index contributed by atoms with van der Waals surface area (Å²) in [7, 11) is 1.70. The van der Waals surface area contributed by atoms with Gasteiger partial charge in [-0.1, -0.05) is 51.0 Å². The topological polar surface area (TPSA) is 14.2 Å². The third-order valence-corrected chi connectivity index (χ3v) is 4.41. The zero-order valence-electron chi connectivity index (χ0n) is 17.6. The monoisotopic (exact) mass is 361 g/mol. The lowest BCUT2D eigenvalue weighted by Crippen LogP contribution is -1.94. The van der Waals surface area contributed by atoms with Gasteiger partial charge in [-0.2, -0.15) is 0 Å². The van der Waals surface area contributed by atoms with Crippen molar-refractivity contribution in [3.8, 4) is 11.4 Å². The van der Waals surface area contributed by atoms with E-state index in [2.05, 4.69) is 66.9 Å². The van der Waals surface area contributed by atoms with E-state index >= 15 is 0 Å². The van der Waals surface area contributed by atoms with Gasteiger partial charge in [-0.05, 0) is 62.4 Å². The summed E-state index contributed by atoms with van der Waals surface area (Å²) in [6.45, 7) is 12.3. The summed E-state index contributed by atoms with van der Waals surface area (Å²) in [4.78, 5) is 0. The van der Waals surface area contributed by atoms with Crippen molar-refractivity contribution in [2.75, 3.05) is 7.11 Å². The molecule has 0 saturated carbocycles. The molecule has 0 aliphatic carbocycles. The Labute approximate surface area is 163 Å². The first-order chi connectivity index (χ1) is 13.2. The first-order valence-corrected chi connectivity index (χ1v) is 9.83. The van der Waals surface area contributed by atoms with Crippen LogP contribution in [0.4, 0.5) is 0 Å². The molecular weight excluding hydrogens is 330 g/mol. The van der Waals surface area contributed by atoms with Crippen molar-refractivity contribution in [2.24, 2.45) is 0 Å². The Morgan fingerprint density at radius 1 is 0.630 bits per heavy atom. The van der Waals surface area contributed by atoms with Crippen LogP contribution in [0, 0.1) is 13.8 Å². The lowest BCUT2D eigenvalue weighted by Gasteiger charge is -2.09. The molecule has 142 valence electrons. The molecular formula is C25H31NO. The van der Waals surface area contributed by atoms with Crippen LogP contribution < -0.4 is 4.74 Å². The second-order valence-corrected chi connectivity index (χ2v) is 6.07. The molecule has 3 aromatic carbocycles. The van der Waals surface area contributed by atoms with E-state index in [0.29, 0.717) is 0 Å². The molecule has 4 aromatic rings. The van der Waals surface area contributed by atoms with Gasteiger partial charge in [0.1, 0.15) is 5.75 Å². The molecule has 0 N–H and O–H groups in total. The van der Waals surface area contributed by atoms with E-state index in [4.69, 9.17) is 4.74 Å². The molecule has 0 aliphatic rings. The summed E-state index contributed by atoms with van der Waals surface area (Å²) in [5.41, 5.74) is 6.20. The van der Waals surface area contributed by atoms with E-state index < -0.39 is 0 Å². The highest BCUT2D eigenvalue weighted by atomic mass is 16.5. The predicted molar refractivity (Wildman–Crippen MR) is 120 cm³/mol. The Bertz CT molecular complexity index is 951. The van der Waals surface area contributed by atoms with Crippen LogP contribution in [-0.4, -0.2) is 11.7 Å². The van der Waals surface area contributed by atoms with E-state index in [1.807, 2.05) is 39.8 Å². The van der Waals surface area contributed by atoms with Crippen molar-refractivity contribution >= 4 is 21.8 Å². The summed E-state index contributed by atoms with van der Waals surface area (Å²) in [5.74, 6) is 0.876. The Kier molecular flexibility index (Phi) is 7.06. The number of ether oxygens (including phenoxy) is 1. The minimum absolute atomic E-state index is 0.876. The van der Waals surface area contributed by atoms with Crippen molar-refractivity contribution in [3.05, 3.63) is 71.8 Å². The van der Waals surface area contributed by atoms with Crippen molar-refractivity contribution in [1.29, 1.82) is 0 Å². The molecule has 4 rings (SSSR count). The quantitative estimate of drug-likeness (QED) is 0.361. The fraction of sp³-hybridized carbons (Fsp3) is 0.280. The third-order valence-electron chi connectivity index (χ3n) is 4.41. The Balaban J connectivity index is 0.000000614. The van der Waals surface area contributed by atoms with E-state index in [1.165, 1.54) is 32.9 Å². The van der Waals surface area contributed by atoms with Crippen LogP contribution in [-0.2, 0) is 0 Å². The molecule has 2 heteroatoms. The van der Waals surface area contributed by atoms with Crippen molar-refractivity contribution in [2.45, 2.75) is 41.5 Å². The van der Waals surface area contributed by atoms with E-state index in [9.17, 15) is 0 Å². The third kappa shape index (κ3) is 4.00. The fourth-order valence-corrected chi connectivity index (χ4v) is 3.26. The molecule has 0 bridgehead atoms. The van der Waals surface area contributed by atoms with Gasteiger partial charge in [-0.25, -0.2) is 0 Å². The highest BCUT2D eigenvalue weighted by Gasteiger charge is 2.12. The standard InChI is InChI=1S/C21H19NO.2C2H6/c1-14-4-10-20-18(12-14)19-13-15(2)5-11-21(19)22(20)16-6-8-17(23-3)9-7-16;2*1-2/h4-13H,1-3H3;2*1-2H3. The summed E-state index contributed by atoms with van der Waals surface area (Å²) >= 11 is 0. The number of nitrogens with zero attached hydrogens (tertiary/aromatic N) is 1. The van der Waals surface area contributed by atoms with Crippen LogP contribution in [0.5, 0.6) is 5.75 Å². The van der Waals surface area contributed by atoms with E-state index in [0.717, 1.165) is 11.4 Å². The zero-order valence-corrected chi connectivity index (χ0v) is 17.6. The van der Waals surface area contributed by atoms with Gasteiger partial charge < -0.3 is 9.30 Å². The molecule has 0 fully saturated rings. The van der Waals surface area contributed by atoms with Crippen LogP contribution in [0.3, 0.4) is 0 Å². The second-order valence-electron chi connectivity index (χ2n) is 6.07. The number of hydrogen-bond donors (Lipinski definition) is 0. The second kappa shape index (κ2) is 9.27. The Morgan fingerprint density at radius 3 is 1.48 bits per heavy atom. The van der Waals surface area contributed by atoms with Gasteiger partial charge in [0.2, 0.25) is 0 Å². The first-order valence-electron chi connectivity index (χ1n) is 9.83. The highest BCUT2D eigenvalue weighted by molar-refractivity contribution is 6.09. The molecule has 0 amide bonds. The molecule has 0 unspecified atom stereocenters. The molecule has 0 aliphatic heterocycles. The van der Waals surface area contributed by atoms with Crippen LogP contribution in [0.25, 0.3) is 27.5 Å². The van der Waals surface area contributed by atoms with Crippen molar-refractivity contribution in [3.63, 3.8) is 0 Å². The summed E-state index contributed by atoms with van der Waals surface area (Å²) in [5, 5.41) is 2.61. The molecule has 0 saturated heterocycles. The molecule has 1 aromatic heterocycles. The van der Waals surface area contributed by atoms with Crippen LogP contribution in [0.2, 0.25) is 0 Å². The number of aromatic nitrogens is 1. The maximum absolute atomic E-state index is 5.28. The largest absolute Gasteiger partial charge is 0.497 e. The highest BCUT2D eigenvalue weighted by Crippen LogP contribution is 2.33. The minimum atomic E-state index is 0.876. The van der Waals surface area contributed by atoms with Gasteiger partial charge in [-0.3, -0.25) is 0 Å². The van der Waals surface area contributed by atoms with E-state index in [1.54, 1.807) is 7.11 Å². The smallest absolute Gasteiger partial charge is 0.119 e. The molecule has 1 heterocycles. The van der Waals surface area contributed by atoms with Gasteiger partial charge in [-0.15, -0.1) is 0 Å². The van der Waals surface area contributed by atoms with Crippen LogP contribution >= 0.6 is 0 Å². The summed E-state index contributed by atoms with van der Waals surface area (Å²) in [6.07, 6.45) is 0. The molecule has 27 heavy (non-hydrogen) atoms. The van der Waals surface area contributed by atoms with Crippen molar-refractivity contribution in [1.82, 2.24) is 4.57 Å². The van der Waals surface area contributed by atoms with Gasteiger partial charge in [0.15, 0.2) is 0 Å². The lowest BCUT2D eigenvalue weighted by molar-refractivity contribution is 0.415. The zero-order chi connectivity index (χ0) is 20.0. The van der Waals surface area contributed by atoms with Crippen LogP contribution in [0.15, 0.2) is 60.7 Å². The van der Waals surface area contributed by atoms with Gasteiger partial charge in [0.25, 0.3) is 0 Å². The maximum Gasteiger partial charge on any atom is 0.119 e. The number of aryl methyl sites for hydroxylation is 2. The molecule has 0 radical (unpaired) electrons. The number of hydrogen-bond acceptors (Lipinski definition) is 1. The van der Waals surface area contributed by atoms with E-state index in [-0.39, 0.29) is 0 Å². The average Bonchev–Trinajstić information content (AvgIpc) is 3.04. The first kappa shape index (κ1) is 20.6. The number of methoxy groups -OCH3 is 1. The number of benzene rings is 3. The normalized spacial score (nSPS) is 10.0. The maximum atomic E-state index is 5.28. The van der Waals surface area contributed by atoms with Gasteiger partial charge in [0, 0.05) is 16.5 Å². The lowest BCUT2D eigenvalue weighted by atomic mass is 10.1. The Morgan fingerprint density at radius 2 is 1.07 bits per heavy atom. The van der Waals surface area contributed by atoms with Crippen LogP contribution in [0.1, 0.15) is 38.8 Å². The average molecular weight is 362 g/mol. The summed E-state index contributed by atoms with van der Waals surface area (Å²) < 4.78 is 7.61. The fourth-order valence-electron chi connectivity index (χ4n) is 3.26. The van der Waals surface area contributed by atoms with Gasteiger partial charge in [0.05, 0.1) is 18.1 Å². The summed E-state index contributed by atoms with van der Waals surface area (Å²) in [6, 6.07) is 21.6. The van der Waals surface area contributed by atoms with Gasteiger partial charge >= 0.3 is 0 Å². The molecule has 0 atom stereocenters. The number of rotatable bonds is 2. The Hall–Kier alpha value is -2.74. The number of fused-ring (bicyclic) bond motifs is 3. The predicted octanol–water partition coefficient (Wildman–Crippen LogP) is 7.46. The minimum Gasteiger partial charge on any atom is -0.497 e.